The number of nitrogens with one attached hydrogen (secondary N) is 1. The summed E-state index contributed by atoms with van der Waals surface area (Å²) >= 11 is 0. The first-order valence-corrected chi connectivity index (χ1v) is 5.29. The molecule has 1 rings (SSSR count). The summed E-state index contributed by atoms with van der Waals surface area (Å²) in [6.45, 7) is 0.681. The highest BCUT2D eigenvalue weighted by Crippen LogP contribution is 2.03. The predicted molar refractivity (Wildman–Crippen MR) is 61.5 cm³/mol. The van der Waals surface area contributed by atoms with Crippen molar-refractivity contribution in [3.63, 3.8) is 0 Å². The van der Waals surface area contributed by atoms with Gasteiger partial charge in [0, 0.05) is 13.1 Å². The minimum Gasteiger partial charge on any atom is -0.481 e. The molecule has 5 nitrogen and oxygen atoms in total. The van der Waals surface area contributed by atoms with Crippen molar-refractivity contribution in [2.75, 3.05) is 6.54 Å². The zero-order valence-corrected chi connectivity index (χ0v) is 9.30. The smallest absolute Gasteiger partial charge is 0.308 e. The second kappa shape index (κ2) is 6.65. The molecule has 1 aromatic carbocycles. The molecule has 0 radical (unpaired) electrons. The number of carboxylic acids is 2. The van der Waals surface area contributed by atoms with Crippen LogP contribution < -0.4 is 5.32 Å². The lowest BCUT2D eigenvalue weighted by molar-refractivity contribution is -0.148. The highest BCUT2D eigenvalue weighted by molar-refractivity contribution is 5.77. The van der Waals surface area contributed by atoms with Gasteiger partial charge in [0.2, 0.25) is 0 Å². The van der Waals surface area contributed by atoms with Gasteiger partial charge in [-0.2, -0.15) is 0 Å². The average Bonchev–Trinajstić information content (AvgIpc) is 2.28. The van der Waals surface area contributed by atoms with E-state index in [1.807, 2.05) is 30.3 Å². The van der Waals surface area contributed by atoms with Gasteiger partial charge in [-0.15, -0.1) is 0 Å². The normalized spacial score (nSPS) is 12.0. The number of hydrogen-bond donors (Lipinski definition) is 3. The lowest BCUT2D eigenvalue weighted by atomic mass is 10.1. The third-order valence-electron chi connectivity index (χ3n) is 2.33. The predicted octanol–water partition coefficient (Wildman–Crippen LogP) is 0.952. The summed E-state index contributed by atoms with van der Waals surface area (Å²) in [7, 11) is 0. The Morgan fingerprint density at radius 2 is 1.82 bits per heavy atom. The molecule has 17 heavy (non-hydrogen) atoms. The third kappa shape index (κ3) is 5.12. The quantitative estimate of drug-likeness (QED) is 0.657. The molecule has 1 aromatic rings. The number of hydrogen-bond acceptors (Lipinski definition) is 3. The van der Waals surface area contributed by atoms with E-state index < -0.39 is 17.9 Å². The molecule has 0 aromatic heterocycles. The maximum Gasteiger partial charge on any atom is 0.308 e. The van der Waals surface area contributed by atoms with Gasteiger partial charge in [0.05, 0.1) is 12.3 Å². The number of rotatable bonds is 7. The first-order chi connectivity index (χ1) is 8.09. The Hall–Kier alpha value is -1.88. The van der Waals surface area contributed by atoms with Gasteiger partial charge in [0.1, 0.15) is 0 Å². The lowest BCUT2D eigenvalue weighted by Crippen LogP contribution is -2.30. The number of aliphatic carboxylic acids is 2. The van der Waals surface area contributed by atoms with Crippen molar-refractivity contribution in [2.24, 2.45) is 5.92 Å². The van der Waals surface area contributed by atoms with Crippen molar-refractivity contribution < 1.29 is 19.8 Å². The van der Waals surface area contributed by atoms with E-state index in [0.717, 1.165) is 5.56 Å². The number of carbonyl (C=O) groups is 2. The molecule has 0 unspecified atom stereocenters. The molecule has 5 heteroatoms. The first-order valence-electron chi connectivity index (χ1n) is 5.29. The van der Waals surface area contributed by atoms with Crippen LogP contribution in [-0.2, 0) is 16.1 Å². The molecule has 0 saturated heterocycles. The zero-order chi connectivity index (χ0) is 12.7. The molecule has 0 spiro atoms. The first kappa shape index (κ1) is 13.2. The molecule has 1 atom stereocenters. The topological polar surface area (TPSA) is 86.6 Å². The van der Waals surface area contributed by atoms with Crippen LogP contribution in [0.25, 0.3) is 0 Å². The summed E-state index contributed by atoms with van der Waals surface area (Å²) < 4.78 is 0. The fourth-order valence-electron chi connectivity index (χ4n) is 1.44. The Kier molecular flexibility index (Phi) is 5.16. The van der Waals surface area contributed by atoms with E-state index in [4.69, 9.17) is 10.2 Å². The van der Waals surface area contributed by atoms with Crippen molar-refractivity contribution in [1.29, 1.82) is 0 Å². The van der Waals surface area contributed by atoms with Gasteiger partial charge in [-0.1, -0.05) is 30.3 Å². The maximum absolute atomic E-state index is 10.8. The van der Waals surface area contributed by atoms with Gasteiger partial charge >= 0.3 is 11.9 Å². The molecule has 0 amide bonds. The molecule has 0 aliphatic rings. The Bertz CT molecular complexity index is 377. The van der Waals surface area contributed by atoms with Gasteiger partial charge in [-0.25, -0.2) is 0 Å². The van der Waals surface area contributed by atoms with E-state index in [9.17, 15) is 9.59 Å². The van der Waals surface area contributed by atoms with Crippen LogP contribution in [0.1, 0.15) is 12.0 Å². The van der Waals surface area contributed by atoms with Gasteiger partial charge < -0.3 is 15.5 Å². The minimum atomic E-state index is -1.10. The summed E-state index contributed by atoms with van der Waals surface area (Å²) in [5.74, 6) is -3.08. The van der Waals surface area contributed by atoms with Crippen LogP contribution in [0.4, 0.5) is 0 Å². The van der Waals surface area contributed by atoms with Crippen LogP contribution >= 0.6 is 0 Å². The van der Waals surface area contributed by atoms with E-state index in [-0.39, 0.29) is 13.0 Å². The molecule has 92 valence electrons. The Balaban J connectivity index is 2.37. The second-order valence-electron chi connectivity index (χ2n) is 3.75. The molecule has 0 aliphatic heterocycles. The van der Waals surface area contributed by atoms with Gasteiger partial charge in [-0.3, -0.25) is 9.59 Å². The minimum absolute atomic E-state index is 0.149. The number of benzene rings is 1. The average molecular weight is 237 g/mol. The van der Waals surface area contributed by atoms with Crippen LogP contribution in [0.15, 0.2) is 30.3 Å². The highest BCUT2D eigenvalue weighted by Gasteiger charge is 2.20. The van der Waals surface area contributed by atoms with Crippen LogP contribution in [0, 0.1) is 5.92 Å². The lowest BCUT2D eigenvalue weighted by Gasteiger charge is -2.11. The van der Waals surface area contributed by atoms with Crippen molar-refractivity contribution in [3.8, 4) is 0 Å². The molecular formula is C12H15NO4. The maximum atomic E-state index is 10.8. The SMILES string of the molecule is O=C(O)C[C@H](CNCc1ccccc1)C(=O)O. The Morgan fingerprint density at radius 1 is 1.18 bits per heavy atom. The summed E-state index contributed by atoms with van der Waals surface area (Å²) in [4.78, 5) is 21.2. The van der Waals surface area contributed by atoms with Gasteiger partial charge in [0.15, 0.2) is 0 Å². The molecule has 0 saturated carbocycles. The Labute approximate surface area is 99.1 Å². The van der Waals surface area contributed by atoms with Gasteiger partial charge in [-0.05, 0) is 5.56 Å². The molecule has 0 bridgehead atoms. The summed E-state index contributed by atoms with van der Waals surface area (Å²) in [5, 5.41) is 20.3. The highest BCUT2D eigenvalue weighted by atomic mass is 16.4. The fraction of sp³-hybridized carbons (Fsp3) is 0.333. The van der Waals surface area contributed by atoms with E-state index in [1.54, 1.807) is 0 Å². The van der Waals surface area contributed by atoms with E-state index in [1.165, 1.54) is 0 Å². The standard InChI is InChI=1S/C12H15NO4/c14-11(15)6-10(12(16)17)8-13-7-9-4-2-1-3-5-9/h1-5,10,13H,6-8H2,(H,14,15)(H,16,17)/t10-/m1/s1. The van der Waals surface area contributed by atoms with Crippen LogP contribution in [0.2, 0.25) is 0 Å². The van der Waals surface area contributed by atoms with Gasteiger partial charge in [0.25, 0.3) is 0 Å². The fourth-order valence-corrected chi connectivity index (χ4v) is 1.44. The summed E-state index contributed by atoms with van der Waals surface area (Å²) in [5.41, 5.74) is 1.03. The van der Waals surface area contributed by atoms with Crippen molar-refractivity contribution >= 4 is 11.9 Å². The monoisotopic (exact) mass is 237 g/mol. The van der Waals surface area contributed by atoms with E-state index in [0.29, 0.717) is 6.54 Å². The molecule has 3 N–H and O–H groups in total. The molecular weight excluding hydrogens is 222 g/mol. The van der Waals surface area contributed by atoms with Crippen molar-refractivity contribution in [1.82, 2.24) is 5.32 Å². The third-order valence-corrected chi connectivity index (χ3v) is 2.33. The number of carboxylic acid groups (broad SMARTS) is 2. The van der Waals surface area contributed by atoms with Crippen LogP contribution in [-0.4, -0.2) is 28.7 Å². The second-order valence-corrected chi connectivity index (χ2v) is 3.75. The summed E-state index contributed by atoms with van der Waals surface area (Å²) in [6, 6.07) is 9.51. The zero-order valence-electron chi connectivity index (χ0n) is 9.30. The van der Waals surface area contributed by atoms with Crippen LogP contribution in [0.5, 0.6) is 0 Å². The van der Waals surface area contributed by atoms with E-state index in [2.05, 4.69) is 5.32 Å². The van der Waals surface area contributed by atoms with E-state index >= 15 is 0 Å². The molecule has 0 fully saturated rings. The van der Waals surface area contributed by atoms with Crippen molar-refractivity contribution in [2.45, 2.75) is 13.0 Å². The Morgan fingerprint density at radius 3 is 2.35 bits per heavy atom. The largest absolute Gasteiger partial charge is 0.481 e. The van der Waals surface area contributed by atoms with Crippen LogP contribution in [0.3, 0.4) is 0 Å². The summed E-state index contributed by atoms with van der Waals surface area (Å²) in [6.07, 6.45) is -0.364. The molecule has 0 aliphatic carbocycles. The van der Waals surface area contributed by atoms with Crippen molar-refractivity contribution in [3.05, 3.63) is 35.9 Å². The molecule has 0 heterocycles.